The zero-order valence-corrected chi connectivity index (χ0v) is 12.1. The van der Waals surface area contributed by atoms with Gasteiger partial charge >= 0.3 is 0 Å². The van der Waals surface area contributed by atoms with Gasteiger partial charge in [0.15, 0.2) is 0 Å². The number of nitrogens with one attached hydrogen (secondary N) is 2. The van der Waals surface area contributed by atoms with Gasteiger partial charge in [-0.05, 0) is 17.9 Å². The molecule has 0 aliphatic carbocycles. The second kappa shape index (κ2) is 5.00. The summed E-state index contributed by atoms with van der Waals surface area (Å²) in [5.74, 6) is -0.640. The molecule has 104 valence electrons. The molecule has 1 heterocycles. The minimum atomic E-state index is -0.531. The molecule has 0 radical (unpaired) electrons. The molecule has 3 nitrogen and oxygen atoms in total. The Bertz CT molecular complexity index is 511. The Hall–Kier alpha value is -1.29. The van der Waals surface area contributed by atoms with E-state index in [1.807, 2.05) is 0 Å². The zero-order chi connectivity index (χ0) is 14.2. The normalized spacial score (nSPS) is 19.2. The van der Waals surface area contributed by atoms with Crippen molar-refractivity contribution in [1.82, 2.24) is 0 Å². The maximum atomic E-state index is 13.4. The highest BCUT2D eigenvalue weighted by Crippen LogP contribution is 2.33. The summed E-state index contributed by atoms with van der Waals surface area (Å²) in [4.78, 5) is 11.8. The summed E-state index contributed by atoms with van der Waals surface area (Å²) in [6, 6.07) is 2.79. The van der Waals surface area contributed by atoms with Gasteiger partial charge in [0, 0.05) is 18.5 Å². The van der Waals surface area contributed by atoms with Gasteiger partial charge in [-0.25, -0.2) is 4.39 Å². The third-order valence-electron chi connectivity index (χ3n) is 2.98. The highest BCUT2D eigenvalue weighted by Gasteiger charge is 2.25. The molecule has 5 heteroatoms. The van der Waals surface area contributed by atoms with Crippen LogP contribution in [0.4, 0.5) is 15.8 Å². The van der Waals surface area contributed by atoms with Crippen LogP contribution in [0.15, 0.2) is 12.1 Å². The molecule has 2 N–H and O–H groups in total. The van der Waals surface area contributed by atoms with Crippen molar-refractivity contribution in [3.63, 3.8) is 0 Å². The van der Waals surface area contributed by atoms with Crippen molar-refractivity contribution in [1.29, 1.82) is 0 Å². The van der Waals surface area contributed by atoms with Crippen LogP contribution in [0.25, 0.3) is 0 Å². The Morgan fingerprint density at radius 3 is 2.68 bits per heavy atom. The van der Waals surface area contributed by atoms with E-state index in [1.165, 1.54) is 12.1 Å². The van der Waals surface area contributed by atoms with Crippen LogP contribution in [0.3, 0.4) is 0 Å². The number of hydrogen-bond donors (Lipinski definition) is 2. The number of carbonyl (C=O) groups excluding carboxylic acids is 1. The molecule has 1 atom stereocenters. The molecule has 19 heavy (non-hydrogen) atoms. The first-order valence-corrected chi connectivity index (χ1v) is 6.68. The Balaban J connectivity index is 2.30. The third kappa shape index (κ3) is 3.60. The van der Waals surface area contributed by atoms with Crippen molar-refractivity contribution in [2.45, 2.75) is 39.7 Å². The lowest BCUT2D eigenvalue weighted by atomic mass is 9.87. The number of amides is 1. The van der Waals surface area contributed by atoms with Gasteiger partial charge in [0.25, 0.3) is 0 Å². The van der Waals surface area contributed by atoms with Gasteiger partial charge in [0.05, 0.1) is 16.4 Å². The summed E-state index contributed by atoms with van der Waals surface area (Å²) < 4.78 is 13.4. The molecular formula is C14H18ClFN2O. The van der Waals surface area contributed by atoms with Crippen LogP contribution in [0.1, 0.15) is 33.6 Å². The van der Waals surface area contributed by atoms with E-state index in [0.717, 1.165) is 6.42 Å². The standard InChI is InChI=1S/C14H18ClFN2O/c1-14(2,3)7-8-4-13(19)18-12-6-10(16)9(15)5-11(12)17-8/h5-6,8,17H,4,7H2,1-3H3,(H,18,19). The predicted octanol–water partition coefficient (Wildman–Crippen LogP) is 4.04. The number of fused-ring (bicyclic) bond motifs is 1. The van der Waals surface area contributed by atoms with Crippen molar-refractivity contribution >= 4 is 28.9 Å². The van der Waals surface area contributed by atoms with E-state index in [1.54, 1.807) is 0 Å². The monoisotopic (exact) mass is 284 g/mol. The van der Waals surface area contributed by atoms with Crippen LogP contribution in [0.2, 0.25) is 5.02 Å². The summed E-state index contributed by atoms with van der Waals surface area (Å²) >= 11 is 5.79. The molecule has 1 amide bonds. The van der Waals surface area contributed by atoms with Crippen LogP contribution < -0.4 is 10.6 Å². The van der Waals surface area contributed by atoms with Gasteiger partial charge in [-0.1, -0.05) is 32.4 Å². The van der Waals surface area contributed by atoms with E-state index < -0.39 is 5.82 Å². The number of benzene rings is 1. The maximum Gasteiger partial charge on any atom is 0.226 e. The van der Waals surface area contributed by atoms with Crippen molar-refractivity contribution < 1.29 is 9.18 Å². The number of rotatable bonds is 1. The number of hydrogen-bond acceptors (Lipinski definition) is 2. The van der Waals surface area contributed by atoms with Crippen LogP contribution in [-0.2, 0) is 4.79 Å². The summed E-state index contributed by atoms with van der Waals surface area (Å²) in [5.41, 5.74) is 1.22. The molecule has 0 aromatic heterocycles. The Morgan fingerprint density at radius 1 is 1.37 bits per heavy atom. The van der Waals surface area contributed by atoms with Gasteiger partial charge in [-0.3, -0.25) is 4.79 Å². The molecule has 1 aliphatic rings. The van der Waals surface area contributed by atoms with Crippen LogP contribution >= 0.6 is 11.6 Å². The molecule has 0 bridgehead atoms. The fourth-order valence-electron chi connectivity index (χ4n) is 2.33. The highest BCUT2D eigenvalue weighted by molar-refractivity contribution is 6.31. The topological polar surface area (TPSA) is 41.1 Å². The lowest BCUT2D eigenvalue weighted by molar-refractivity contribution is -0.116. The first-order chi connectivity index (χ1) is 8.74. The molecule has 0 fully saturated rings. The molecule has 2 rings (SSSR count). The first kappa shape index (κ1) is 14.1. The Labute approximate surface area is 117 Å². The van der Waals surface area contributed by atoms with Crippen molar-refractivity contribution in [2.24, 2.45) is 5.41 Å². The molecule has 0 spiro atoms. The molecule has 0 saturated heterocycles. The Morgan fingerprint density at radius 2 is 2.05 bits per heavy atom. The van der Waals surface area contributed by atoms with Gasteiger partial charge in [0.2, 0.25) is 5.91 Å². The van der Waals surface area contributed by atoms with E-state index in [2.05, 4.69) is 31.4 Å². The maximum absolute atomic E-state index is 13.4. The van der Waals surface area contributed by atoms with Crippen LogP contribution in [-0.4, -0.2) is 11.9 Å². The molecule has 1 aromatic carbocycles. The molecule has 0 saturated carbocycles. The zero-order valence-electron chi connectivity index (χ0n) is 11.3. The van der Waals surface area contributed by atoms with Crippen molar-refractivity contribution in [2.75, 3.05) is 10.6 Å². The van der Waals surface area contributed by atoms with Crippen molar-refractivity contribution in [3.05, 3.63) is 23.0 Å². The van der Waals surface area contributed by atoms with Gasteiger partial charge in [-0.2, -0.15) is 0 Å². The molecule has 1 unspecified atom stereocenters. The van der Waals surface area contributed by atoms with Gasteiger partial charge in [0.1, 0.15) is 5.82 Å². The quantitative estimate of drug-likeness (QED) is 0.817. The number of carbonyl (C=O) groups is 1. The summed E-state index contributed by atoms with van der Waals surface area (Å²) in [7, 11) is 0. The SMILES string of the molecule is CC(C)(C)CC1CC(=O)Nc2cc(F)c(Cl)cc2N1. The van der Waals surface area contributed by atoms with Gasteiger partial charge in [-0.15, -0.1) is 0 Å². The van der Waals surface area contributed by atoms with Crippen molar-refractivity contribution in [3.8, 4) is 0 Å². The lowest BCUT2D eigenvalue weighted by Crippen LogP contribution is -2.27. The second-order valence-electron chi connectivity index (χ2n) is 6.17. The largest absolute Gasteiger partial charge is 0.380 e. The second-order valence-corrected chi connectivity index (χ2v) is 6.58. The summed E-state index contributed by atoms with van der Waals surface area (Å²) in [6.45, 7) is 6.36. The average Bonchev–Trinajstić information content (AvgIpc) is 2.35. The summed E-state index contributed by atoms with van der Waals surface area (Å²) in [6.07, 6.45) is 1.21. The number of anilines is 2. The van der Waals surface area contributed by atoms with E-state index in [-0.39, 0.29) is 22.4 Å². The first-order valence-electron chi connectivity index (χ1n) is 6.30. The average molecular weight is 285 g/mol. The van der Waals surface area contributed by atoms with E-state index in [4.69, 9.17) is 11.6 Å². The molecule has 1 aliphatic heterocycles. The smallest absolute Gasteiger partial charge is 0.226 e. The summed E-state index contributed by atoms with van der Waals surface area (Å²) in [5, 5.41) is 6.04. The third-order valence-corrected chi connectivity index (χ3v) is 3.27. The van der Waals surface area contributed by atoms with Crippen LogP contribution in [0.5, 0.6) is 0 Å². The van der Waals surface area contributed by atoms with E-state index >= 15 is 0 Å². The highest BCUT2D eigenvalue weighted by atomic mass is 35.5. The molecule has 1 aromatic rings. The van der Waals surface area contributed by atoms with Crippen LogP contribution in [0, 0.1) is 11.2 Å². The minimum absolute atomic E-state index is 0.0165. The lowest BCUT2D eigenvalue weighted by Gasteiger charge is -2.25. The Kier molecular flexibility index (Phi) is 3.72. The fraction of sp³-hybridized carbons (Fsp3) is 0.500. The minimum Gasteiger partial charge on any atom is -0.380 e. The van der Waals surface area contributed by atoms with Gasteiger partial charge < -0.3 is 10.6 Å². The van der Waals surface area contributed by atoms with E-state index in [0.29, 0.717) is 17.8 Å². The molecular weight excluding hydrogens is 267 g/mol. The predicted molar refractivity (Wildman–Crippen MR) is 76.1 cm³/mol. The van der Waals surface area contributed by atoms with E-state index in [9.17, 15) is 9.18 Å². The fourth-order valence-corrected chi connectivity index (χ4v) is 2.49. The number of halogens is 2.